The van der Waals surface area contributed by atoms with Gasteiger partial charge in [-0.25, -0.2) is 0 Å². The molecule has 4 heteroatoms. The molecule has 3 nitrogen and oxygen atoms in total. The molecule has 0 saturated carbocycles. The van der Waals surface area contributed by atoms with Gasteiger partial charge in [-0.1, -0.05) is 41.9 Å². The highest BCUT2D eigenvalue weighted by atomic mass is 79.9. The molecule has 106 valence electrons. The van der Waals surface area contributed by atoms with E-state index in [0.29, 0.717) is 12.6 Å². The third kappa shape index (κ3) is 4.62. The molecular weight excluding hydrogens is 316 g/mol. The Kier molecular flexibility index (Phi) is 5.56. The van der Waals surface area contributed by atoms with Crippen molar-refractivity contribution in [2.45, 2.75) is 33.0 Å². The minimum atomic E-state index is 0.439. The van der Waals surface area contributed by atoms with Gasteiger partial charge in [-0.3, -0.25) is 4.98 Å². The Morgan fingerprint density at radius 1 is 1.20 bits per heavy atom. The summed E-state index contributed by atoms with van der Waals surface area (Å²) in [4.78, 5) is 4.16. The summed E-state index contributed by atoms with van der Waals surface area (Å²) in [5, 5.41) is 3.38. The minimum absolute atomic E-state index is 0.439. The van der Waals surface area contributed by atoms with E-state index in [1.165, 1.54) is 0 Å². The zero-order chi connectivity index (χ0) is 14.4. The van der Waals surface area contributed by atoms with Crippen LogP contribution in [0.25, 0.3) is 0 Å². The first kappa shape index (κ1) is 15.0. The fourth-order valence-corrected chi connectivity index (χ4v) is 2.01. The van der Waals surface area contributed by atoms with Crippen LogP contribution in [0.5, 0.6) is 5.75 Å². The largest absolute Gasteiger partial charge is 0.488 e. The average molecular weight is 335 g/mol. The molecule has 1 N–H and O–H groups in total. The number of pyridine rings is 1. The number of rotatable bonds is 6. The molecule has 1 heterocycles. The Balaban J connectivity index is 1.99. The Hall–Kier alpha value is -1.39. The number of nitrogens with zero attached hydrogens (tertiary/aromatic N) is 1. The number of aromatic nitrogens is 1. The first-order valence-electron chi connectivity index (χ1n) is 6.68. The molecule has 2 aromatic rings. The van der Waals surface area contributed by atoms with Gasteiger partial charge in [0.1, 0.15) is 12.4 Å². The summed E-state index contributed by atoms with van der Waals surface area (Å²) in [5.41, 5.74) is 2.23. The molecule has 0 saturated heterocycles. The summed E-state index contributed by atoms with van der Waals surface area (Å²) in [7, 11) is 0. The summed E-state index contributed by atoms with van der Waals surface area (Å²) < 4.78 is 6.98. The van der Waals surface area contributed by atoms with Crippen LogP contribution < -0.4 is 10.1 Å². The first-order valence-corrected chi connectivity index (χ1v) is 7.48. The van der Waals surface area contributed by atoms with Crippen LogP contribution in [0.2, 0.25) is 0 Å². The summed E-state index contributed by atoms with van der Waals surface area (Å²) in [6, 6.07) is 10.5. The molecule has 1 aromatic heterocycles. The van der Waals surface area contributed by atoms with E-state index in [4.69, 9.17) is 4.74 Å². The molecule has 0 radical (unpaired) electrons. The van der Waals surface area contributed by atoms with Crippen molar-refractivity contribution in [1.29, 1.82) is 0 Å². The van der Waals surface area contributed by atoms with Crippen LogP contribution in [-0.2, 0) is 13.2 Å². The maximum Gasteiger partial charge on any atom is 0.127 e. The summed E-state index contributed by atoms with van der Waals surface area (Å²) in [5.74, 6) is 0.885. The number of hydrogen-bond donors (Lipinski definition) is 1. The second-order valence-corrected chi connectivity index (χ2v) is 5.85. The molecule has 0 aliphatic carbocycles. The van der Waals surface area contributed by atoms with E-state index < -0.39 is 0 Å². The number of ether oxygens (including phenoxy) is 1. The summed E-state index contributed by atoms with van der Waals surface area (Å²) >= 11 is 3.43. The molecule has 0 fully saturated rings. The molecule has 0 aliphatic rings. The highest BCUT2D eigenvalue weighted by Gasteiger charge is 2.05. The van der Waals surface area contributed by atoms with Crippen LogP contribution in [0.15, 0.2) is 47.2 Å². The third-order valence-electron chi connectivity index (χ3n) is 2.87. The Morgan fingerprint density at radius 3 is 2.65 bits per heavy atom. The lowest BCUT2D eigenvalue weighted by molar-refractivity contribution is 0.301. The van der Waals surface area contributed by atoms with E-state index in [-0.39, 0.29) is 0 Å². The predicted molar refractivity (Wildman–Crippen MR) is 84.7 cm³/mol. The molecule has 0 bridgehead atoms. The molecule has 2 rings (SSSR count). The Bertz CT molecular complexity index is 540. The Morgan fingerprint density at radius 2 is 1.95 bits per heavy atom. The van der Waals surface area contributed by atoms with Crippen molar-refractivity contribution in [3.8, 4) is 5.75 Å². The first-order chi connectivity index (χ1) is 9.65. The van der Waals surface area contributed by atoms with Gasteiger partial charge in [-0.2, -0.15) is 0 Å². The van der Waals surface area contributed by atoms with Gasteiger partial charge in [0.25, 0.3) is 0 Å². The van der Waals surface area contributed by atoms with E-state index in [1.54, 1.807) is 6.20 Å². The van der Waals surface area contributed by atoms with Crippen LogP contribution in [0, 0.1) is 0 Å². The standard InChI is InChI=1S/C16H19BrN2O/c1-12(2)19-10-14-9-18-8-7-16(14)20-11-13-3-5-15(17)6-4-13/h3-9,12,19H,10-11H2,1-2H3. The van der Waals surface area contributed by atoms with Gasteiger partial charge >= 0.3 is 0 Å². The molecule has 0 aliphatic heterocycles. The van der Waals surface area contributed by atoms with Gasteiger partial charge in [0.05, 0.1) is 0 Å². The van der Waals surface area contributed by atoms with Crippen molar-refractivity contribution < 1.29 is 4.74 Å². The lowest BCUT2D eigenvalue weighted by atomic mass is 10.2. The topological polar surface area (TPSA) is 34.2 Å². The molecule has 20 heavy (non-hydrogen) atoms. The van der Waals surface area contributed by atoms with Gasteiger partial charge in [0.15, 0.2) is 0 Å². The predicted octanol–water partition coefficient (Wildman–Crippen LogP) is 3.92. The van der Waals surface area contributed by atoms with Crippen LogP contribution in [0.3, 0.4) is 0 Å². The molecule has 0 unspecified atom stereocenters. The molecule has 0 atom stereocenters. The van der Waals surface area contributed by atoms with Gasteiger partial charge in [-0.15, -0.1) is 0 Å². The van der Waals surface area contributed by atoms with Crippen LogP contribution in [0.1, 0.15) is 25.0 Å². The summed E-state index contributed by atoms with van der Waals surface area (Å²) in [6.45, 7) is 5.57. The minimum Gasteiger partial charge on any atom is -0.488 e. The van der Waals surface area contributed by atoms with Gasteiger partial charge in [0, 0.05) is 35.0 Å². The van der Waals surface area contributed by atoms with Crippen LogP contribution in [-0.4, -0.2) is 11.0 Å². The van der Waals surface area contributed by atoms with E-state index in [1.807, 2.05) is 24.4 Å². The van der Waals surface area contributed by atoms with Crippen molar-refractivity contribution in [3.05, 3.63) is 58.3 Å². The highest BCUT2D eigenvalue weighted by Crippen LogP contribution is 2.19. The molecule has 1 aromatic carbocycles. The fraction of sp³-hybridized carbons (Fsp3) is 0.312. The maximum absolute atomic E-state index is 5.90. The number of benzene rings is 1. The van der Waals surface area contributed by atoms with Crippen molar-refractivity contribution in [3.63, 3.8) is 0 Å². The second-order valence-electron chi connectivity index (χ2n) is 4.93. The van der Waals surface area contributed by atoms with Crippen molar-refractivity contribution in [1.82, 2.24) is 10.3 Å². The SMILES string of the molecule is CC(C)NCc1cnccc1OCc1ccc(Br)cc1. The molecular formula is C16H19BrN2O. The van der Waals surface area contributed by atoms with E-state index in [0.717, 1.165) is 27.9 Å². The number of hydrogen-bond acceptors (Lipinski definition) is 3. The van der Waals surface area contributed by atoms with Gasteiger partial charge in [0.2, 0.25) is 0 Å². The van der Waals surface area contributed by atoms with Crippen molar-refractivity contribution in [2.75, 3.05) is 0 Å². The zero-order valence-electron chi connectivity index (χ0n) is 11.8. The second kappa shape index (κ2) is 7.41. The quantitative estimate of drug-likeness (QED) is 0.869. The lowest BCUT2D eigenvalue weighted by Gasteiger charge is -2.13. The summed E-state index contributed by atoms with van der Waals surface area (Å²) in [6.07, 6.45) is 3.61. The van der Waals surface area contributed by atoms with E-state index >= 15 is 0 Å². The monoisotopic (exact) mass is 334 g/mol. The third-order valence-corrected chi connectivity index (χ3v) is 3.40. The smallest absolute Gasteiger partial charge is 0.127 e. The molecule has 0 spiro atoms. The maximum atomic E-state index is 5.90. The fourth-order valence-electron chi connectivity index (χ4n) is 1.74. The van der Waals surface area contributed by atoms with Gasteiger partial charge < -0.3 is 10.1 Å². The van der Waals surface area contributed by atoms with Gasteiger partial charge in [-0.05, 0) is 23.8 Å². The van der Waals surface area contributed by atoms with E-state index in [9.17, 15) is 0 Å². The zero-order valence-corrected chi connectivity index (χ0v) is 13.4. The van der Waals surface area contributed by atoms with Crippen LogP contribution in [0.4, 0.5) is 0 Å². The average Bonchev–Trinajstić information content (AvgIpc) is 2.45. The molecule has 0 amide bonds. The number of nitrogens with one attached hydrogen (secondary N) is 1. The normalized spacial score (nSPS) is 10.8. The van der Waals surface area contributed by atoms with Crippen molar-refractivity contribution >= 4 is 15.9 Å². The highest BCUT2D eigenvalue weighted by molar-refractivity contribution is 9.10. The van der Waals surface area contributed by atoms with E-state index in [2.05, 4.69) is 52.2 Å². The lowest BCUT2D eigenvalue weighted by Crippen LogP contribution is -2.22. The van der Waals surface area contributed by atoms with Crippen LogP contribution >= 0.6 is 15.9 Å². The Labute approximate surface area is 128 Å². The van der Waals surface area contributed by atoms with Crippen molar-refractivity contribution in [2.24, 2.45) is 0 Å². The number of halogens is 1.